The van der Waals surface area contributed by atoms with E-state index in [1.807, 2.05) is 23.1 Å². The molecule has 176 valence electrons. The number of carbonyl (C=O) groups excluding carboxylic acids is 1. The summed E-state index contributed by atoms with van der Waals surface area (Å²) in [6.07, 6.45) is 7.50. The maximum Gasteiger partial charge on any atom is 0.236 e. The zero-order chi connectivity index (χ0) is 22.8. The molecule has 1 saturated heterocycles. The average Bonchev–Trinajstić information content (AvgIpc) is 2.86. The normalized spacial score (nSPS) is 20.6. The molecule has 0 spiro atoms. The Morgan fingerprint density at radius 1 is 0.909 bits per heavy atom. The molecule has 0 unspecified atom stereocenters. The third-order valence-corrected chi connectivity index (χ3v) is 7.68. The van der Waals surface area contributed by atoms with Crippen molar-refractivity contribution in [2.45, 2.75) is 51.1 Å². The molecule has 1 aliphatic carbocycles. The van der Waals surface area contributed by atoms with Crippen molar-refractivity contribution in [3.05, 3.63) is 59.2 Å². The highest BCUT2D eigenvalue weighted by Crippen LogP contribution is 2.29. The molecule has 0 atom stereocenters. The minimum atomic E-state index is -0.825. The summed E-state index contributed by atoms with van der Waals surface area (Å²) in [4.78, 5) is 19.8. The molecule has 3 aliphatic rings. The number of carbonyl (C=O) groups is 1. The minimum Gasteiger partial charge on any atom is -0.339 e. The van der Waals surface area contributed by atoms with E-state index in [-0.39, 0.29) is 5.91 Å². The Balaban J connectivity index is 1.16. The highest BCUT2D eigenvalue weighted by atomic mass is 19.2. The zero-order valence-corrected chi connectivity index (χ0v) is 19.2. The third-order valence-electron chi connectivity index (χ3n) is 7.68. The fourth-order valence-corrected chi connectivity index (χ4v) is 5.71. The van der Waals surface area contributed by atoms with Crippen LogP contribution in [0.1, 0.15) is 43.2 Å². The number of rotatable bonds is 4. The molecule has 0 aromatic heterocycles. The van der Waals surface area contributed by atoms with Crippen molar-refractivity contribution in [2.75, 3.05) is 39.3 Å². The van der Waals surface area contributed by atoms with Crippen LogP contribution in [-0.4, -0.2) is 65.9 Å². The first-order valence-corrected chi connectivity index (χ1v) is 12.4. The number of benzene rings is 2. The van der Waals surface area contributed by atoms with Crippen molar-refractivity contribution >= 4 is 5.91 Å². The molecular weight excluding hydrogens is 420 g/mol. The van der Waals surface area contributed by atoms with Gasteiger partial charge in [-0.25, -0.2) is 8.78 Å². The molecule has 1 saturated carbocycles. The summed E-state index contributed by atoms with van der Waals surface area (Å²) in [5, 5.41) is 0. The highest BCUT2D eigenvalue weighted by molar-refractivity contribution is 5.78. The van der Waals surface area contributed by atoms with E-state index in [0.29, 0.717) is 17.7 Å². The number of hydrogen-bond donors (Lipinski definition) is 0. The van der Waals surface area contributed by atoms with Crippen LogP contribution in [0, 0.1) is 11.6 Å². The second-order valence-electron chi connectivity index (χ2n) is 9.75. The van der Waals surface area contributed by atoms with Crippen LogP contribution in [0.5, 0.6) is 0 Å². The van der Waals surface area contributed by atoms with Crippen LogP contribution in [0.2, 0.25) is 0 Å². The Morgan fingerprint density at radius 3 is 2.48 bits per heavy atom. The number of nitrogens with zero attached hydrogens (tertiary/aromatic N) is 3. The molecule has 2 aliphatic heterocycles. The van der Waals surface area contributed by atoms with Crippen LogP contribution in [0.3, 0.4) is 0 Å². The first-order valence-electron chi connectivity index (χ1n) is 12.4. The smallest absolute Gasteiger partial charge is 0.236 e. The predicted octanol–water partition coefficient (Wildman–Crippen LogP) is 4.47. The molecule has 0 radical (unpaired) electrons. The van der Waals surface area contributed by atoms with Crippen molar-refractivity contribution in [1.82, 2.24) is 14.7 Å². The molecule has 0 N–H and O–H groups in total. The van der Waals surface area contributed by atoms with Crippen LogP contribution < -0.4 is 0 Å². The summed E-state index contributed by atoms with van der Waals surface area (Å²) >= 11 is 0. The Hall–Kier alpha value is -2.31. The first kappa shape index (κ1) is 22.5. The van der Waals surface area contributed by atoms with E-state index in [4.69, 9.17) is 0 Å². The van der Waals surface area contributed by atoms with E-state index in [1.54, 1.807) is 6.07 Å². The lowest BCUT2D eigenvalue weighted by Crippen LogP contribution is -2.54. The van der Waals surface area contributed by atoms with Gasteiger partial charge in [0.1, 0.15) is 0 Å². The van der Waals surface area contributed by atoms with Crippen LogP contribution in [-0.2, 0) is 17.8 Å². The summed E-state index contributed by atoms with van der Waals surface area (Å²) < 4.78 is 27.8. The molecule has 2 heterocycles. The molecule has 1 amide bonds. The van der Waals surface area contributed by atoms with Gasteiger partial charge in [0.2, 0.25) is 5.91 Å². The summed E-state index contributed by atoms with van der Waals surface area (Å²) in [6, 6.07) is 10.8. The van der Waals surface area contributed by atoms with Gasteiger partial charge in [0, 0.05) is 50.9 Å². The lowest BCUT2D eigenvalue weighted by Gasteiger charge is -2.41. The topological polar surface area (TPSA) is 26.8 Å². The summed E-state index contributed by atoms with van der Waals surface area (Å²) in [7, 11) is 0. The summed E-state index contributed by atoms with van der Waals surface area (Å²) in [5.74, 6) is -1.40. The van der Waals surface area contributed by atoms with E-state index in [9.17, 15) is 13.6 Å². The second kappa shape index (κ2) is 9.90. The van der Waals surface area contributed by atoms with Crippen LogP contribution in [0.4, 0.5) is 8.78 Å². The van der Waals surface area contributed by atoms with Gasteiger partial charge in [-0.05, 0) is 42.0 Å². The van der Waals surface area contributed by atoms with Crippen LogP contribution in [0.15, 0.2) is 36.4 Å². The molecule has 5 rings (SSSR count). The largest absolute Gasteiger partial charge is 0.339 e. The van der Waals surface area contributed by atoms with Crippen molar-refractivity contribution in [3.8, 4) is 11.1 Å². The van der Waals surface area contributed by atoms with E-state index in [0.717, 1.165) is 68.9 Å². The SMILES string of the molecule is O=C(CN1CCc2cc(-c3cccc(F)c3F)ccc2C1)N1CCN(C2CCCCC2)CC1. The molecular formula is C27H33F2N3O. The monoisotopic (exact) mass is 453 g/mol. The van der Waals surface area contributed by atoms with E-state index in [2.05, 4.69) is 9.80 Å². The van der Waals surface area contributed by atoms with Crippen molar-refractivity contribution in [3.63, 3.8) is 0 Å². The molecule has 2 aromatic rings. The molecule has 0 bridgehead atoms. The Bertz CT molecular complexity index is 997. The maximum atomic E-state index is 14.2. The van der Waals surface area contributed by atoms with Gasteiger partial charge in [-0.1, -0.05) is 49.6 Å². The van der Waals surface area contributed by atoms with Gasteiger partial charge in [-0.2, -0.15) is 0 Å². The van der Waals surface area contributed by atoms with Gasteiger partial charge in [0.15, 0.2) is 11.6 Å². The lowest BCUT2D eigenvalue weighted by molar-refractivity contribution is -0.134. The van der Waals surface area contributed by atoms with E-state index in [1.165, 1.54) is 38.2 Å². The lowest BCUT2D eigenvalue weighted by atomic mass is 9.94. The van der Waals surface area contributed by atoms with Gasteiger partial charge in [0.25, 0.3) is 0 Å². The fourth-order valence-electron chi connectivity index (χ4n) is 5.71. The maximum absolute atomic E-state index is 14.2. The van der Waals surface area contributed by atoms with Crippen LogP contribution >= 0.6 is 0 Å². The Labute approximate surface area is 195 Å². The number of piperazine rings is 1. The van der Waals surface area contributed by atoms with Gasteiger partial charge in [0.05, 0.1) is 6.54 Å². The van der Waals surface area contributed by atoms with Gasteiger partial charge in [-0.15, -0.1) is 0 Å². The zero-order valence-electron chi connectivity index (χ0n) is 19.2. The highest BCUT2D eigenvalue weighted by Gasteiger charge is 2.28. The predicted molar refractivity (Wildman–Crippen MR) is 126 cm³/mol. The molecule has 6 heteroatoms. The third kappa shape index (κ3) is 4.97. The number of amides is 1. The molecule has 4 nitrogen and oxygen atoms in total. The number of halogens is 2. The first-order chi connectivity index (χ1) is 16.1. The van der Waals surface area contributed by atoms with Crippen molar-refractivity contribution in [2.24, 2.45) is 0 Å². The van der Waals surface area contributed by atoms with Crippen molar-refractivity contribution in [1.29, 1.82) is 0 Å². The second-order valence-corrected chi connectivity index (χ2v) is 9.75. The molecule has 33 heavy (non-hydrogen) atoms. The van der Waals surface area contributed by atoms with E-state index < -0.39 is 11.6 Å². The molecule has 2 aromatic carbocycles. The van der Waals surface area contributed by atoms with Gasteiger partial charge >= 0.3 is 0 Å². The average molecular weight is 454 g/mol. The standard InChI is InChI=1S/C27H33F2N3O/c28-25-8-4-7-24(27(25)29)21-9-10-22-18-30(12-11-20(22)17-21)19-26(33)32-15-13-31(14-16-32)23-5-2-1-3-6-23/h4,7-10,17,23H,1-3,5-6,11-16,18-19H2. The Kier molecular flexibility index (Phi) is 6.74. The van der Waals surface area contributed by atoms with Gasteiger partial charge in [-0.3, -0.25) is 14.6 Å². The summed E-state index contributed by atoms with van der Waals surface area (Å²) in [5.41, 5.74) is 3.31. The Morgan fingerprint density at radius 2 is 1.70 bits per heavy atom. The molecule has 2 fully saturated rings. The number of fused-ring (bicyclic) bond motifs is 1. The number of hydrogen-bond acceptors (Lipinski definition) is 3. The van der Waals surface area contributed by atoms with E-state index >= 15 is 0 Å². The van der Waals surface area contributed by atoms with Gasteiger partial charge < -0.3 is 4.90 Å². The fraction of sp³-hybridized carbons (Fsp3) is 0.519. The van der Waals surface area contributed by atoms with Crippen LogP contribution in [0.25, 0.3) is 11.1 Å². The minimum absolute atomic E-state index is 0.222. The quantitative estimate of drug-likeness (QED) is 0.684. The summed E-state index contributed by atoms with van der Waals surface area (Å²) in [6.45, 7) is 5.63. The van der Waals surface area contributed by atoms with Crippen molar-refractivity contribution < 1.29 is 13.6 Å².